The number of sulfone groups is 1. The van der Waals surface area contributed by atoms with Crippen molar-refractivity contribution < 1.29 is 13.2 Å². The third-order valence-corrected chi connectivity index (χ3v) is 6.89. The maximum atomic E-state index is 13.1. The molecule has 1 fully saturated rings. The van der Waals surface area contributed by atoms with E-state index < -0.39 is 15.9 Å². The summed E-state index contributed by atoms with van der Waals surface area (Å²) >= 11 is 0. The Morgan fingerprint density at radius 1 is 1.00 bits per heavy atom. The van der Waals surface area contributed by atoms with Crippen molar-refractivity contribution in [1.82, 2.24) is 20.0 Å². The molecule has 0 radical (unpaired) electrons. The largest absolute Gasteiger partial charge is 0.350 e. The second kappa shape index (κ2) is 8.81. The van der Waals surface area contributed by atoms with E-state index in [-0.39, 0.29) is 17.4 Å². The quantitative estimate of drug-likeness (QED) is 0.654. The molecule has 30 heavy (non-hydrogen) atoms. The smallest absolute Gasteiger partial charge is 0.242 e. The molecular weight excluding hydrogens is 400 g/mol. The van der Waals surface area contributed by atoms with Crippen LogP contribution in [0.25, 0.3) is 5.69 Å². The molecule has 1 saturated heterocycles. The lowest BCUT2D eigenvalue weighted by Gasteiger charge is -2.33. The van der Waals surface area contributed by atoms with Crippen LogP contribution < -0.4 is 5.32 Å². The van der Waals surface area contributed by atoms with E-state index in [1.165, 1.54) is 0 Å². The highest BCUT2D eigenvalue weighted by atomic mass is 32.2. The van der Waals surface area contributed by atoms with Gasteiger partial charge < -0.3 is 5.32 Å². The number of benzene rings is 2. The van der Waals surface area contributed by atoms with Crippen molar-refractivity contribution in [2.45, 2.75) is 12.6 Å². The first-order chi connectivity index (χ1) is 14.5. The number of carbonyl (C=O) groups is 1. The molecule has 0 spiro atoms. The van der Waals surface area contributed by atoms with Gasteiger partial charge in [-0.15, -0.1) is 0 Å². The van der Waals surface area contributed by atoms with Crippen LogP contribution in [0.3, 0.4) is 0 Å². The molecule has 1 aromatic heterocycles. The summed E-state index contributed by atoms with van der Waals surface area (Å²) in [5, 5.41) is 7.23. The van der Waals surface area contributed by atoms with Gasteiger partial charge in [-0.25, -0.2) is 13.1 Å². The Labute approximate surface area is 176 Å². The molecule has 2 heterocycles. The van der Waals surface area contributed by atoms with Crippen LogP contribution in [0.15, 0.2) is 73.1 Å². The lowest BCUT2D eigenvalue weighted by atomic mass is 10.0. The fourth-order valence-corrected chi connectivity index (χ4v) is 4.85. The van der Waals surface area contributed by atoms with Gasteiger partial charge in [0, 0.05) is 32.0 Å². The Hall–Kier alpha value is -2.97. The van der Waals surface area contributed by atoms with Crippen molar-refractivity contribution in [2.24, 2.45) is 0 Å². The van der Waals surface area contributed by atoms with Crippen LogP contribution in [0.4, 0.5) is 0 Å². The second-order valence-electron chi connectivity index (χ2n) is 7.34. The average Bonchev–Trinajstić information content (AvgIpc) is 3.30. The lowest BCUT2D eigenvalue weighted by molar-refractivity contribution is -0.126. The van der Waals surface area contributed by atoms with Crippen molar-refractivity contribution in [3.8, 4) is 5.69 Å². The third kappa shape index (κ3) is 4.77. The fourth-order valence-electron chi connectivity index (χ4n) is 3.62. The molecular formula is C22H24N4O3S. The van der Waals surface area contributed by atoms with Crippen LogP contribution in [-0.4, -0.2) is 53.6 Å². The van der Waals surface area contributed by atoms with E-state index in [9.17, 15) is 13.2 Å². The van der Waals surface area contributed by atoms with E-state index in [1.54, 1.807) is 10.9 Å². The molecule has 2 aromatic carbocycles. The molecule has 7 nitrogen and oxygen atoms in total. The molecule has 3 aromatic rings. The molecule has 1 unspecified atom stereocenters. The maximum Gasteiger partial charge on any atom is 0.242 e. The molecule has 1 N–H and O–H groups in total. The van der Waals surface area contributed by atoms with Crippen LogP contribution in [0.2, 0.25) is 0 Å². The normalized spacial score (nSPS) is 17.3. The monoisotopic (exact) mass is 424 g/mol. The first-order valence-electron chi connectivity index (χ1n) is 9.88. The number of nitrogens with zero attached hydrogens (tertiary/aromatic N) is 3. The summed E-state index contributed by atoms with van der Waals surface area (Å²) in [6.45, 7) is 1.11. The highest BCUT2D eigenvalue weighted by Gasteiger charge is 2.32. The third-order valence-electron chi connectivity index (χ3n) is 5.28. The minimum Gasteiger partial charge on any atom is -0.350 e. The number of nitrogens with one attached hydrogen (secondary N) is 1. The van der Waals surface area contributed by atoms with Gasteiger partial charge in [0.05, 0.1) is 17.2 Å². The van der Waals surface area contributed by atoms with Gasteiger partial charge >= 0.3 is 0 Å². The number of aromatic nitrogens is 2. The van der Waals surface area contributed by atoms with Crippen molar-refractivity contribution in [1.29, 1.82) is 0 Å². The summed E-state index contributed by atoms with van der Waals surface area (Å²) in [4.78, 5) is 15.1. The van der Waals surface area contributed by atoms with E-state index in [4.69, 9.17) is 0 Å². The Bertz CT molecular complexity index is 1070. The zero-order chi connectivity index (χ0) is 21.0. The highest BCUT2D eigenvalue weighted by molar-refractivity contribution is 7.91. The van der Waals surface area contributed by atoms with Crippen LogP contribution in [0.5, 0.6) is 0 Å². The molecule has 1 atom stereocenters. The Balaban J connectivity index is 1.45. The summed E-state index contributed by atoms with van der Waals surface area (Å²) in [6.07, 6.45) is 3.60. The van der Waals surface area contributed by atoms with Gasteiger partial charge in [-0.05, 0) is 29.3 Å². The number of hydrogen-bond acceptors (Lipinski definition) is 5. The van der Waals surface area contributed by atoms with E-state index in [2.05, 4.69) is 10.4 Å². The summed E-state index contributed by atoms with van der Waals surface area (Å²) in [5.41, 5.74) is 2.79. The molecule has 8 heteroatoms. The van der Waals surface area contributed by atoms with E-state index in [0.29, 0.717) is 19.6 Å². The molecule has 0 aliphatic carbocycles. The molecule has 0 saturated carbocycles. The number of hydrogen-bond donors (Lipinski definition) is 1. The second-order valence-corrected chi connectivity index (χ2v) is 9.64. The SMILES string of the molecule is O=C(NCc1ccc(-n2cccn2)cc1)C(c1ccccc1)N1CCS(=O)(=O)CC1. The minimum absolute atomic E-state index is 0.0818. The van der Waals surface area contributed by atoms with Gasteiger partial charge in [0.2, 0.25) is 5.91 Å². The maximum absolute atomic E-state index is 13.1. The summed E-state index contributed by atoms with van der Waals surface area (Å²) in [7, 11) is -3.02. The zero-order valence-corrected chi connectivity index (χ0v) is 17.3. The summed E-state index contributed by atoms with van der Waals surface area (Å²) < 4.78 is 25.4. The first-order valence-corrected chi connectivity index (χ1v) is 11.7. The molecule has 1 amide bonds. The standard InChI is InChI=1S/C22H24N4O3S/c27-22(23-17-18-7-9-20(10-8-18)26-12-4-11-24-26)21(19-5-2-1-3-6-19)25-13-15-30(28,29)16-14-25/h1-12,21H,13-17H2,(H,23,27). The van der Waals surface area contributed by atoms with Crippen molar-refractivity contribution in [3.63, 3.8) is 0 Å². The van der Waals surface area contributed by atoms with Gasteiger partial charge in [-0.1, -0.05) is 42.5 Å². The first kappa shape index (κ1) is 20.3. The number of amides is 1. The molecule has 1 aliphatic rings. The molecule has 156 valence electrons. The lowest BCUT2D eigenvalue weighted by Crippen LogP contribution is -2.47. The predicted octanol–water partition coefficient (Wildman–Crippen LogP) is 1.96. The fraction of sp³-hybridized carbons (Fsp3) is 0.273. The van der Waals surface area contributed by atoms with E-state index >= 15 is 0 Å². The summed E-state index contributed by atoms with van der Waals surface area (Å²) in [6, 6.07) is 18.7. The Kier molecular flexibility index (Phi) is 5.96. The summed E-state index contributed by atoms with van der Waals surface area (Å²) in [5.74, 6) is 0.0356. The van der Waals surface area contributed by atoms with Crippen LogP contribution >= 0.6 is 0 Å². The Morgan fingerprint density at radius 2 is 1.70 bits per heavy atom. The van der Waals surface area contributed by atoms with Crippen LogP contribution in [-0.2, 0) is 21.2 Å². The van der Waals surface area contributed by atoms with E-state index in [1.807, 2.05) is 71.8 Å². The topological polar surface area (TPSA) is 84.3 Å². The van der Waals surface area contributed by atoms with Crippen LogP contribution in [0.1, 0.15) is 17.2 Å². The van der Waals surface area contributed by atoms with Crippen LogP contribution in [0, 0.1) is 0 Å². The molecule has 1 aliphatic heterocycles. The minimum atomic E-state index is -3.02. The average molecular weight is 425 g/mol. The van der Waals surface area contributed by atoms with Gasteiger partial charge in [0.15, 0.2) is 9.84 Å². The zero-order valence-electron chi connectivity index (χ0n) is 16.5. The van der Waals surface area contributed by atoms with E-state index in [0.717, 1.165) is 16.8 Å². The number of rotatable bonds is 6. The number of carbonyl (C=O) groups excluding carboxylic acids is 1. The van der Waals surface area contributed by atoms with Gasteiger partial charge in [0.25, 0.3) is 0 Å². The van der Waals surface area contributed by atoms with Crippen molar-refractivity contribution >= 4 is 15.7 Å². The highest BCUT2D eigenvalue weighted by Crippen LogP contribution is 2.23. The molecule has 0 bridgehead atoms. The Morgan fingerprint density at radius 3 is 2.33 bits per heavy atom. The van der Waals surface area contributed by atoms with Crippen molar-refractivity contribution in [2.75, 3.05) is 24.6 Å². The van der Waals surface area contributed by atoms with Gasteiger partial charge in [-0.2, -0.15) is 5.10 Å². The van der Waals surface area contributed by atoms with Gasteiger partial charge in [0.1, 0.15) is 6.04 Å². The molecule has 4 rings (SSSR count). The predicted molar refractivity (Wildman–Crippen MR) is 115 cm³/mol. The van der Waals surface area contributed by atoms with Crippen molar-refractivity contribution in [3.05, 3.63) is 84.2 Å². The van der Waals surface area contributed by atoms with Gasteiger partial charge in [-0.3, -0.25) is 9.69 Å².